The minimum Gasteiger partial charge on any atom is -0.369 e. The van der Waals surface area contributed by atoms with Gasteiger partial charge in [-0.25, -0.2) is 4.68 Å². The van der Waals surface area contributed by atoms with Crippen LogP contribution in [0.5, 0.6) is 0 Å². The first-order valence-corrected chi connectivity index (χ1v) is 8.88. The number of piperidine rings is 1. The predicted molar refractivity (Wildman–Crippen MR) is 95.2 cm³/mol. The summed E-state index contributed by atoms with van der Waals surface area (Å²) in [6.07, 6.45) is 3.47. The number of hydrogen-bond acceptors (Lipinski definition) is 3. The largest absolute Gasteiger partial charge is 0.369 e. The van der Waals surface area contributed by atoms with E-state index in [-0.39, 0.29) is 0 Å². The van der Waals surface area contributed by atoms with E-state index in [0.717, 1.165) is 31.0 Å². The third-order valence-corrected chi connectivity index (χ3v) is 5.38. The summed E-state index contributed by atoms with van der Waals surface area (Å²) in [6, 6.07) is 5.52. The summed E-state index contributed by atoms with van der Waals surface area (Å²) in [5.74, 6) is 1.58. The Bertz CT molecular complexity index is 740. The summed E-state index contributed by atoms with van der Waals surface area (Å²) in [6.45, 7) is 3.21. The maximum atomic E-state index is 6.40. The summed E-state index contributed by atoms with van der Waals surface area (Å²) < 4.78 is 1.94. The SMILES string of the molecule is CN1CCCC(c2nn(-c3cc(Cl)ccc3Cl)c3c2CCN3)C1. The molecular weight excluding hydrogens is 331 g/mol. The summed E-state index contributed by atoms with van der Waals surface area (Å²) in [5.41, 5.74) is 3.43. The van der Waals surface area contributed by atoms with Crippen molar-refractivity contribution in [3.05, 3.63) is 39.5 Å². The lowest BCUT2D eigenvalue weighted by atomic mass is 9.92. The van der Waals surface area contributed by atoms with Gasteiger partial charge in [0.2, 0.25) is 0 Å². The number of likely N-dealkylation sites (tertiary alicyclic amines) is 1. The first-order valence-electron chi connectivity index (χ1n) is 8.13. The van der Waals surface area contributed by atoms with Crippen molar-refractivity contribution in [3.63, 3.8) is 0 Å². The van der Waals surface area contributed by atoms with Gasteiger partial charge in [0.15, 0.2) is 0 Å². The van der Waals surface area contributed by atoms with Crippen LogP contribution in [-0.4, -0.2) is 41.4 Å². The van der Waals surface area contributed by atoms with Gasteiger partial charge < -0.3 is 10.2 Å². The van der Waals surface area contributed by atoms with Gasteiger partial charge in [-0.15, -0.1) is 0 Å². The summed E-state index contributed by atoms with van der Waals surface area (Å²) in [5, 5.41) is 9.76. The van der Waals surface area contributed by atoms with Gasteiger partial charge in [-0.05, 0) is 51.1 Å². The highest BCUT2D eigenvalue weighted by molar-refractivity contribution is 6.34. The van der Waals surface area contributed by atoms with Gasteiger partial charge in [-0.2, -0.15) is 5.10 Å². The molecule has 1 saturated heterocycles. The Morgan fingerprint density at radius 1 is 1.30 bits per heavy atom. The van der Waals surface area contributed by atoms with Crippen LogP contribution in [0.2, 0.25) is 10.0 Å². The molecule has 0 amide bonds. The molecule has 1 unspecified atom stereocenters. The molecule has 2 aliphatic heterocycles. The van der Waals surface area contributed by atoms with E-state index in [1.807, 2.05) is 22.9 Å². The molecular formula is C17H20Cl2N4. The molecule has 0 spiro atoms. The van der Waals surface area contributed by atoms with E-state index in [1.165, 1.54) is 30.6 Å². The van der Waals surface area contributed by atoms with Crippen LogP contribution in [0.1, 0.15) is 30.0 Å². The minimum atomic E-state index is 0.501. The maximum absolute atomic E-state index is 6.40. The molecule has 4 rings (SSSR count). The van der Waals surface area contributed by atoms with Crippen molar-refractivity contribution >= 4 is 29.0 Å². The Morgan fingerprint density at radius 2 is 2.17 bits per heavy atom. The monoisotopic (exact) mass is 350 g/mol. The second-order valence-electron chi connectivity index (χ2n) is 6.50. The zero-order valence-electron chi connectivity index (χ0n) is 13.1. The molecule has 1 aromatic carbocycles. The third kappa shape index (κ3) is 2.73. The van der Waals surface area contributed by atoms with Crippen LogP contribution in [0.15, 0.2) is 18.2 Å². The van der Waals surface area contributed by atoms with Crippen molar-refractivity contribution in [2.75, 3.05) is 32.0 Å². The van der Waals surface area contributed by atoms with E-state index >= 15 is 0 Å². The zero-order chi connectivity index (χ0) is 16.0. The Morgan fingerprint density at radius 3 is 3.00 bits per heavy atom. The Kier molecular flexibility index (Phi) is 4.00. The van der Waals surface area contributed by atoms with Crippen molar-refractivity contribution in [2.45, 2.75) is 25.2 Å². The van der Waals surface area contributed by atoms with E-state index in [0.29, 0.717) is 16.0 Å². The lowest BCUT2D eigenvalue weighted by Crippen LogP contribution is -2.31. The smallest absolute Gasteiger partial charge is 0.133 e. The van der Waals surface area contributed by atoms with Gasteiger partial charge in [-0.3, -0.25) is 0 Å². The molecule has 0 aliphatic carbocycles. The number of halogens is 2. The fourth-order valence-electron chi connectivity index (χ4n) is 3.74. The molecule has 1 atom stereocenters. The number of nitrogens with zero attached hydrogens (tertiary/aromatic N) is 3. The number of aromatic nitrogens is 2. The second-order valence-corrected chi connectivity index (χ2v) is 7.34. The first-order chi connectivity index (χ1) is 11.1. The van der Waals surface area contributed by atoms with Crippen LogP contribution in [-0.2, 0) is 6.42 Å². The maximum Gasteiger partial charge on any atom is 0.133 e. The molecule has 6 heteroatoms. The molecule has 0 radical (unpaired) electrons. The average molecular weight is 351 g/mol. The summed E-state index contributed by atoms with van der Waals surface area (Å²) in [4.78, 5) is 2.40. The average Bonchev–Trinajstić information content (AvgIpc) is 3.12. The van der Waals surface area contributed by atoms with Crippen LogP contribution < -0.4 is 5.32 Å². The van der Waals surface area contributed by atoms with Gasteiger partial charge in [0.05, 0.1) is 16.4 Å². The van der Waals surface area contributed by atoms with Crippen LogP contribution in [0.3, 0.4) is 0 Å². The van der Waals surface area contributed by atoms with E-state index in [4.69, 9.17) is 28.3 Å². The number of anilines is 1. The highest BCUT2D eigenvalue weighted by Gasteiger charge is 2.30. The van der Waals surface area contributed by atoms with Crippen molar-refractivity contribution in [1.29, 1.82) is 0 Å². The fourth-order valence-corrected chi connectivity index (χ4v) is 4.11. The van der Waals surface area contributed by atoms with E-state index in [1.54, 1.807) is 0 Å². The highest BCUT2D eigenvalue weighted by atomic mass is 35.5. The molecule has 2 aromatic rings. The third-order valence-electron chi connectivity index (χ3n) is 4.83. The first kappa shape index (κ1) is 15.3. The molecule has 3 heterocycles. The molecule has 23 heavy (non-hydrogen) atoms. The van der Waals surface area contributed by atoms with Crippen molar-refractivity contribution in [3.8, 4) is 5.69 Å². The lowest BCUT2D eigenvalue weighted by molar-refractivity contribution is 0.247. The van der Waals surface area contributed by atoms with Crippen LogP contribution in [0.25, 0.3) is 5.69 Å². The summed E-state index contributed by atoms with van der Waals surface area (Å²) in [7, 11) is 2.19. The Labute approximate surface area is 146 Å². The zero-order valence-corrected chi connectivity index (χ0v) is 14.7. The van der Waals surface area contributed by atoms with Crippen LogP contribution in [0.4, 0.5) is 5.82 Å². The predicted octanol–water partition coefficient (Wildman–Crippen LogP) is 3.96. The van der Waals surface area contributed by atoms with Crippen LogP contribution in [0, 0.1) is 0 Å². The number of benzene rings is 1. The van der Waals surface area contributed by atoms with Gasteiger partial charge >= 0.3 is 0 Å². The molecule has 2 aliphatic rings. The summed E-state index contributed by atoms with van der Waals surface area (Å²) >= 11 is 12.6. The normalized spacial score (nSPS) is 21.3. The number of likely N-dealkylation sites (N-methyl/N-ethyl adjacent to an activating group) is 1. The minimum absolute atomic E-state index is 0.501. The number of nitrogens with one attached hydrogen (secondary N) is 1. The van der Waals surface area contributed by atoms with E-state index in [2.05, 4.69) is 17.3 Å². The fraction of sp³-hybridized carbons (Fsp3) is 0.471. The number of rotatable bonds is 2. The van der Waals surface area contributed by atoms with Crippen molar-refractivity contribution < 1.29 is 0 Å². The molecule has 1 aromatic heterocycles. The van der Waals surface area contributed by atoms with Crippen molar-refractivity contribution in [1.82, 2.24) is 14.7 Å². The van der Waals surface area contributed by atoms with Crippen molar-refractivity contribution in [2.24, 2.45) is 0 Å². The van der Waals surface area contributed by atoms with Gasteiger partial charge in [0, 0.05) is 29.6 Å². The highest BCUT2D eigenvalue weighted by Crippen LogP contribution is 2.37. The topological polar surface area (TPSA) is 33.1 Å². The van der Waals surface area contributed by atoms with E-state index < -0.39 is 0 Å². The van der Waals surface area contributed by atoms with Gasteiger partial charge in [0.1, 0.15) is 5.82 Å². The Hall–Kier alpha value is -1.23. The standard InChI is InChI=1S/C17H20Cl2N4/c1-22-8-2-3-11(10-22)16-13-6-7-20-17(13)23(21-16)15-9-12(18)4-5-14(15)19/h4-5,9,11,20H,2-3,6-8,10H2,1H3. The molecule has 0 saturated carbocycles. The van der Waals surface area contributed by atoms with Gasteiger partial charge in [-0.1, -0.05) is 23.2 Å². The number of hydrogen-bond donors (Lipinski definition) is 1. The molecule has 1 N–H and O–H groups in total. The van der Waals surface area contributed by atoms with Crippen LogP contribution >= 0.6 is 23.2 Å². The second kappa shape index (κ2) is 6.00. The molecule has 0 bridgehead atoms. The Balaban J connectivity index is 1.80. The quantitative estimate of drug-likeness (QED) is 0.889. The molecule has 4 nitrogen and oxygen atoms in total. The lowest BCUT2D eigenvalue weighted by Gasteiger charge is -2.29. The molecule has 1 fully saturated rings. The number of fused-ring (bicyclic) bond motifs is 1. The van der Waals surface area contributed by atoms with E-state index in [9.17, 15) is 0 Å². The molecule has 122 valence electrons. The van der Waals surface area contributed by atoms with Gasteiger partial charge in [0.25, 0.3) is 0 Å².